The smallest absolute Gasteiger partial charge is 0.410 e. The standard InChI is InChI=1S/C24H37N7O5/c1-15(18-7-6-11-30(18)5)34-19-14-20(28-22(27-19)21(26)29-33)35-17-9-12-31(16(13-17)8-10-25)23(32)36-24(2,3)4/h14-18,33H,6-9,11-13H2,1-5H3,(H2,26,29)/t15-,16+,17-,18-/m0/s1. The number of likely N-dealkylation sites (tertiary alicyclic amines) is 2. The number of ether oxygens (including phenoxy) is 3. The summed E-state index contributed by atoms with van der Waals surface area (Å²) in [6, 6.07) is 3.62. The number of carbonyl (C=O) groups excluding carboxylic acids is 1. The van der Waals surface area contributed by atoms with Crippen molar-refractivity contribution in [1.82, 2.24) is 19.8 Å². The lowest BCUT2D eigenvalue weighted by Gasteiger charge is -2.38. The first-order chi connectivity index (χ1) is 17.0. The van der Waals surface area contributed by atoms with E-state index in [4.69, 9.17) is 25.2 Å². The van der Waals surface area contributed by atoms with Gasteiger partial charge in [-0.1, -0.05) is 5.16 Å². The molecule has 0 aliphatic carbocycles. The Morgan fingerprint density at radius 3 is 2.67 bits per heavy atom. The number of oxime groups is 1. The molecule has 1 aromatic heterocycles. The van der Waals surface area contributed by atoms with Crippen LogP contribution >= 0.6 is 0 Å². The fraction of sp³-hybridized carbons (Fsp3) is 0.708. The van der Waals surface area contributed by atoms with Gasteiger partial charge in [0.2, 0.25) is 23.4 Å². The number of rotatable bonds is 7. The van der Waals surface area contributed by atoms with Gasteiger partial charge < -0.3 is 30.1 Å². The van der Waals surface area contributed by atoms with Gasteiger partial charge in [-0.25, -0.2) is 4.79 Å². The molecule has 36 heavy (non-hydrogen) atoms. The number of nitrogens with two attached hydrogens (primary N) is 1. The van der Waals surface area contributed by atoms with Crippen molar-refractivity contribution < 1.29 is 24.2 Å². The summed E-state index contributed by atoms with van der Waals surface area (Å²) in [5.41, 5.74) is 5.13. The lowest BCUT2D eigenvalue weighted by molar-refractivity contribution is -0.00383. The molecule has 3 heterocycles. The van der Waals surface area contributed by atoms with E-state index >= 15 is 0 Å². The summed E-state index contributed by atoms with van der Waals surface area (Å²) < 4.78 is 17.8. The number of aromatic nitrogens is 2. The molecule has 0 spiro atoms. The Hall–Kier alpha value is -3.33. The molecule has 198 valence electrons. The van der Waals surface area contributed by atoms with Crippen LogP contribution in [-0.2, 0) is 4.74 Å². The van der Waals surface area contributed by atoms with Gasteiger partial charge in [-0.2, -0.15) is 15.2 Å². The maximum absolute atomic E-state index is 12.7. The van der Waals surface area contributed by atoms with Crippen molar-refractivity contribution in [2.45, 2.75) is 89.7 Å². The van der Waals surface area contributed by atoms with Crippen molar-refractivity contribution in [1.29, 1.82) is 5.26 Å². The average molecular weight is 504 g/mol. The predicted octanol–water partition coefficient (Wildman–Crippen LogP) is 2.49. The Kier molecular flexibility index (Phi) is 8.79. The highest BCUT2D eigenvalue weighted by molar-refractivity contribution is 5.93. The summed E-state index contributed by atoms with van der Waals surface area (Å²) in [6.07, 6.45) is 2.32. The van der Waals surface area contributed by atoms with Crippen molar-refractivity contribution in [2.24, 2.45) is 10.9 Å². The zero-order valence-corrected chi connectivity index (χ0v) is 21.7. The summed E-state index contributed by atoms with van der Waals surface area (Å²) >= 11 is 0. The van der Waals surface area contributed by atoms with Crippen LogP contribution in [0.5, 0.6) is 11.8 Å². The summed E-state index contributed by atoms with van der Waals surface area (Å²) in [5, 5.41) is 21.5. The Bertz CT molecular complexity index is 990. The molecule has 0 unspecified atom stereocenters. The minimum Gasteiger partial charge on any atom is -0.474 e. The zero-order valence-electron chi connectivity index (χ0n) is 21.7. The molecular formula is C24H37N7O5. The van der Waals surface area contributed by atoms with Crippen LogP contribution in [0.15, 0.2) is 11.2 Å². The third-order valence-electron chi connectivity index (χ3n) is 6.35. The molecule has 2 saturated heterocycles. The zero-order chi connectivity index (χ0) is 26.5. The van der Waals surface area contributed by atoms with E-state index in [2.05, 4.69) is 33.1 Å². The molecule has 2 aliphatic rings. The van der Waals surface area contributed by atoms with Gasteiger partial charge in [0.15, 0.2) is 0 Å². The topological polar surface area (TPSA) is 159 Å². The minimum atomic E-state index is -0.631. The van der Waals surface area contributed by atoms with Crippen molar-refractivity contribution in [3.8, 4) is 17.8 Å². The lowest BCUT2D eigenvalue weighted by atomic mass is 9.97. The second-order valence-electron chi connectivity index (χ2n) is 10.3. The Labute approximate surface area is 212 Å². The van der Waals surface area contributed by atoms with Gasteiger partial charge in [-0.3, -0.25) is 4.90 Å². The van der Waals surface area contributed by atoms with Crippen LogP contribution in [0.4, 0.5) is 4.79 Å². The highest BCUT2D eigenvalue weighted by Crippen LogP contribution is 2.28. The Morgan fingerprint density at radius 2 is 2.06 bits per heavy atom. The molecule has 2 aliphatic heterocycles. The predicted molar refractivity (Wildman–Crippen MR) is 131 cm³/mol. The molecule has 12 heteroatoms. The molecule has 0 bridgehead atoms. The van der Waals surface area contributed by atoms with Gasteiger partial charge in [-0.15, -0.1) is 0 Å². The highest BCUT2D eigenvalue weighted by Gasteiger charge is 2.35. The number of carbonyl (C=O) groups is 1. The fourth-order valence-electron chi connectivity index (χ4n) is 4.63. The van der Waals surface area contributed by atoms with E-state index in [0.717, 1.165) is 19.4 Å². The average Bonchev–Trinajstić information content (AvgIpc) is 3.23. The molecule has 0 saturated carbocycles. The Balaban J connectivity index is 1.75. The molecule has 1 aromatic rings. The number of hydrogen-bond acceptors (Lipinski definition) is 10. The number of piperidine rings is 1. The quantitative estimate of drug-likeness (QED) is 0.245. The van der Waals surface area contributed by atoms with Gasteiger partial charge >= 0.3 is 6.09 Å². The highest BCUT2D eigenvalue weighted by atomic mass is 16.6. The van der Waals surface area contributed by atoms with Crippen LogP contribution in [0.1, 0.15) is 65.6 Å². The normalized spacial score (nSPS) is 24.2. The number of amidine groups is 1. The van der Waals surface area contributed by atoms with Gasteiger partial charge in [-0.05, 0) is 54.1 Å². The minimum absolute atomic E-state index is 0.0169. The van der Waals surface area contributed by atoms with E-state index < -0.39 is 11.7 Å². The van der Waals surface area contributed by atoms with E-state index in [1.807, 2.05) is 6.92 Å². The number of likely N-dealkylation sites (N-methyl/N-ethyl adjacent to an activating group) is 1. The third kappa shape index (κ3) is 7.10. The molecule has 2 fully saturated rings. The molecule has 3 rings (SSSR count). The van der Waals surface area contributed by atoms with Crippen molar-refractivity contribution in [3.05, 3.63) is 11.9 Å². The fourth-order valence-corrected chi connectivity index (χ4v) is 4.63. The number of nitrogens with zero attached hydrogens (tertiary/aromatic N) is 6. The third-order valence-corrected chi connectivity index (χ3v) is 6.35. The molecule has 3 N–H and O–H groups in total. The molecular weight excluding hydrogens is 466 g/mol. The summed E-state index contributed by atoms with van der Waals surface area (Å²) in [6.45, 7) is 8.78. The first-order valence-corrected chi connectivity index (χ1v) is 12.3. The molecule has 12 nitrogen and oxygen atoms in total. The van der Waals surface area contributed by atoms with E-state index in [1.54, 1.807) is 31.7 Å². The van der Waals surface area contributed by atoms with Gasteiger partial charge in [0.05, 0.1) is 24.6 Å². The second kappa shape index (κ2) is 11.6. The SMILES string of the molecule is C[C@H](Oc1cc(O[C@H]2CCN(C(=O)OC(C)(C)C)[C@H](CC#N)C2)nc(C(N)=NO)n1)[C@@H]1CCCN1C. The van der Waals surface area contributed by atoms with Crippen molar-refractivity contribution in [2.75, 3.05) is 20.1 Å². The van der Waals surface area contributed by atoms with Crippen LogP contribution < -0.4 is 15.2 Å². The lowest BCUT2D eigenvalue weighted by Crippen LogP contribution is -2.50. The number of nitriles is 1. The number of hydrogen-bond donors (Lipinski definition) is 2. The van der Waals surface area contributed by atoms with Crippen LogP contribution in [0.3, 0.4) is 0 Å². The maximum Gasteiger partial charge on any atom is 0.410 e. The van der Waals surface area contributed by atoms with Crippen LogP contribution in [-0.4, -0.2) is 86.9 Å². The van der Waals surface area contributed by atoms with Crippen LogP contribution in [0.2, 0.25) is 0 Å². The van der Waals surface area contributed by atoms with Gasteiger partial charge in [0.25, 0.3) is 0 Å². The van der Waals surface area contributed by atoms with E-state index in [0.29, 0.717) is 19.4 Å². The first-order valence-electron chi connectivity index (χ1n) is 12.3. The molecule has 0 radical (unpaired) electrons. The summed E-state index contributed by atoms with van der Waals surface area (Å²) in [4.78, 5) is 25.1. The maximum atomic E-state index is 12.7. The van der Waals surface area contributed by atoms with Gasteiger partial charge in [0.1, 0.15) is 17.8 Å². The van der Waals surface area contributed by atoms with E-state index in [1.165, 1.54) is 0 Å². The van der Waals surface area contributed by atoms with E-state index in [-0.39, 0.29) is 54.1 Å². The van der Waals surface area contributed by atoms with Crippen LogP contribution in [0, 0.1) is 11.3 Å². The largest absolute Gasteiger partial charge is 0.474 e. The van der Waals surface area contributed by atoms with Crippen LogP contribution in [0.25, 0.3) is 0 Å². The molecule has 1 amide bonds. The first kappa shape index (κ1) is 27.3. The van der Waals surface area contributed by atoms with E-state index in [9.17, 15) is 10.1 Å². The van der Waals surface area contributed by atoms with Crippen molar-refractivity contribution >= 4 is 11.9 Å². The number of amides is 1. The second-order valence-corrected chi connectivity index (χ2v) is 10.3. The van der Waals surface area contributed by atoms with Crippen molar-refractivity contribution in [3.63, 3.8) is 0 Å². The summed E-state index contributed by atoms with van der Waals surface area (Å²) in [5.74, 6) is 0.184. The molecule has 4 atom stereocenters. The summed E-state index contributed by atoms with van der Waals surface area (Å²) in [7, 11) is 2.06. The monoisotopic (exact) mass is 503 g/mol. The van der Waals surface area contributed by atoms with Gasteiger partial charge in [0, 0.05) is 25.4 Å². The molecule has 0 aromatic carbocycles. The Morgan fingerprint density at radius 1 is 1.33 bits per heavy atom.